The summed E-state index contributed by atoms with van der Waals surface area (Å²) in [5.41, 5.74) is -0.0906. The predicted molar refractivity (Wildman–Crippen MR) is 93.8 cm³/mol. The van der Waals surface area contributed by atoms with Crippen LogP contribution in [0, 0.1) is 0 Å². The van der Waals surface area contributed by atoms with E-state index < -0.39 is 42.3 Å². The van der Waals surface area contributed by atoms with Gasteiger partial charge in [-0.05, 0) is 31.0 Å². The molecule has 1 atom stereocenters. The molecule has 0 aliphatic carbocycles. The number of aromatic nitrogens is 1. The molecule has 0 spiro atoms. The Morgan fingerprint density at radius 1 is 1.18 bits per heavy atom. The van der Waals surface area contributed by atoms with Crippen molar-refractivity contribution in [1.29, 1.82) is 0 Å². The molecule has 0 saturated heterocycles. The van der Waals surface area contributed by atoms with E-state index >= 15 is 0 Å². The Balaban J connectivity index is 1.64. The van der Waals surface area contributed by atoms with Gasteiger partial charge in [-0.15, -0.1) is 0 Å². The summed E-state index contributed by atoms with van der Waals surface area (Å²) in [6, 6.07) is 8.63. The summed E-state index contributed by atoms with van der Waals surface area (Å²) in [5.74, 6) is -1.42. The van der Waals surface area contributed by atoms with Gasteiger partial charge in [-0.1, -0.05) is 18.2 Å². The van der Waals surface area contributed by atoms with Gasteiger partial charge in [-0.3, -0.25) is 14.4 Å². The molecule has 148 valence electrons. The van der Waals surface area contributed by atoms with Gasteiger partial charge < -0.3 is 14.2 Å². The van der Waals surface area contributed by atoms with Gasteiger partial charge >= 0.3 is 12.1 Å². The highest BCUT2D eigenvalue weighted by Crippen LogP contribution is 2.31. The lowest BCUT2D eigenvalue weighted by Gasteiger charge is -2.22. The van der Waals surface area contributed by atoms with Crippen LogP contribution in [-0.4, -0.2) is 29.1 Å². The zero-order chi connectivity index (χ0) is 20.5. The zero-order valence-electron chi connectivity index (χ0n) is 14.9. The molecule has 6 nitrogen and oxygen atoms in total. The number of ether oxygens (including phenoxy) is 1. The van der Waals surface area contributed by atoms with Crippen molar-refractivity contribution in [2.45, 2.75) is 32.1 Å². The molecule has 28 heavy (non-hydrogen) atoms. The first-order valence-electron chi connectivity index (χ1n) is 8.50. The number of rotatable bonds is 4. The molecular formula is C19H17F3N2O4. The number of carbonyl (C=O) groups is 2. The first kappa shape index (κ1) is 19.7. The number of pyridine rings is 1. The summed E-state index contributed by atoms with van der Waals surface area (Å²) < 4.78 is 43.7. The lowest BCUT2D eigenvalue weighted by atomic mass is 10.1. The van der Waals surface area contributed by atoms with E-state index in [0.717, 1.165) is 17.3 Å². The Morgan fingerprint density at radius 2 is 1.89 bits per heavy atom. The monoisotopic (exact) mass is 394 g/mol. The lowest BCUT2D eigenvalue weighted by Crippen LogP contribution is -2.39. The quantitative estimate of drug-likeness (QED) is 0.747. The van der Waals surface area contributed by atoms with Crippen LogP contribution < -0.4 is 10.5 Å². The molecule has 0 unspecified atom stereocenters. The fourth-order valence-corrected chi connectivity index (χ4v) is 3.16. The normalized spacial score (nSPS) is 16.0. The Hall–Kier alpha value is -3.10. The largest absolute Gasteiger partial charge is 0.454 e. The van der Waals surface area contributed by atoms with Crippen molar-refractivity contribution in [3.63, 3.8) is 0 Å². The van der Waals surface area contributed by atoms with E-state index in [1.807, 2.05) is 19.1 Å². The molecule has 0 bridgehead atoms. The number of hydrogen-bond acceptors (Lipinski definition) is 4. The minimum Gasteiger partial charge on any atom is -0.454 e. The van der Waals surface area contributed by atoms with Crippen LogP contribution in [0.25, 0.3) is 0 Å². The van der Waals surface area contributed by atoms with Crippen molar-refractivity contribution in [3.05, 3.63) is 64.1 Å². The van der Waals surface area contributed by atoms with Gasteiger partial charge in [0.1, 0.15) is 6.54 Å². The fraction of sp³-hybridized carbons (Fsp3) is 0.316. The van der Waals surface area contributed by atoms with Gasteiger partial charge in [0.15, 0.2) is 6.61 Å². The Morgan fingerprint density at radius 3 is 2.61 bits per heavy atom. The van der Waals surface area contributed by atoms with Crippen molar-refractivity contribution in [2.24, 2.45) is 0 Å². The van der Waals surface area contributed by atoms with Gasteiger partial charge in [-0.2, -0.15) is 13.2 Å². The third-order valence-corrected chi connectivity index (χ3v) is 4.44. The number of amides is 1. The van der Waals surface area contributed by atoms with Crippen LogP contribution in [0.1, 0.15) is 18.1 Å². The molecule has 3 rings (SSSR count). The second-order valence-corrected chi connectivity index (χ2v) is 6.49. The number of alkyl halides is 3. The minimum atomic E-state index is -4.64. The smallest absolute Gasteiger partial charge is 0.417 e. The van der Waals surface area contributed by atoms with E-state index in [-0.39, 0.29) is 6.04 Å². The second-order valence-electron chi connectivity index (χ2n) is 6.49. The number of nitrogens with zero attached hydrogens (tertiary/aromatic N) is 2. The maximum Gasteiger partial charge on any atom is 0.417 e. The molecule has 0 saturated carbocycles. The van der Waals surface area contributed by atoms with E-state index in [0.29, 0.717) is 23.3 Å². The average molecular weight is 394 g/mol. The third-order valence-electron chi connectivity index (χ3n) is 4.44. The Kier molecular flexibility index (Phi) is 5.26. The number of esters is 1. The van der Waals surface area contributed by atoms with Gasteiger partial charge in [0, 0.05) is 24.0 Å². The highest BCUT2D eigenvalue weighted by molar-refractivity contribution is 5.97. The average Bonchev–Trinajstić information content (AvgIpc) is 2.96. The van der Waals surface area contributed by atoms with Crippen LogP contribution in [0.15, 0.2) is 47.4 Å². The van der Waals surface area contributed by atoms with Gasteiger partial charge in [-0.25, -0.2) is 0 Å². The number of fused-ring (bicyclic) bond motifs is 1. The van der Waals surface area contributed by atoms with Crippen molar-refractivity contribution in [1.82, 2.24) is 4.57 Å². The minimum absolute atomic E-state index is 0.102. The first-order valence-corrected chi connectivity index (χ1v) is 8.50. The van der Waals surface area contributed by atoms with Crippen LogP contribution in [0.2, 0.25) is 0 Å². The van der Waals surface area contributed by atoms with Gasteiger partial charge in [0.25, 0.3) is 11.5 Å². The number of para-hydroxylation sites is 1. The molecule has 0 N–H and O–H groups in total. The standard InChI is InChI=1S/C19H17F3N2O4/c1-12-8-13-4-2-3-5-15(13)24(12)17(26)11-28-18(27)10-23-9-14(19(20,21)22)6-7-16(23)25/h2-7,9,12H,8,10-11H2,1H3/t12-/m0/s1. The SMILES string of the molecule is C[C@H]1Cc2ccccc2N1C(=O)COC(=O)Cn1cc(C(F)(F)F)ccc1=O. The van der Waals surface area contributed by atoms with Crippen LogP contribution in [-0.2, 0) is 33.5 Å². The highest BCUT2D eigenvalue weighted by atomic mass is 19.4. The summed E-state index contributed by atoms with van der Waals surface area (Å²) >= 11 is 0. The van der Waals surface area contributed by atoms with Gasteiger partial charge in [0.2, 0.25) is 0 Å². The topological polar surface area (TPSA) is 68.6 Å². The Labute approximate surface area is 158 Å². The van der Waals surface area contributed by atoms with Crippen LogP contribution in [0.4, 0.5) is 18.9 Å². The first-order chi connectivity index (χ1) is 13.2. The molecule has 9 heteroatoms. The molecular weight excluding hydrogens is 377 g/mol. The van der Waals surface area contributed by atoms with Gasteiger partial charge in [0.05, 0.1) is 5.56 Å². The van der Waals surface area contributed by atoms with Crippen LogP contribution in [0.5, 0.6) is 0 Å². The maximum absolute atomic E-state index is 12.7. The molecule has 1 aliphatic heterocycles. The van der Waals surface area contributed by atoms with E-state index in [1.165, 1.54) is 4.90 Å². The van der Waals surface area contributed by atoms with E-state index in [4.69, 9.17) is 4.74 Å². The van der Waals surface area contributed by atoms with E-state index in [9.17, 15) is 27.6 Å². The zero-order valence-corrected chi connectivity index (χ0v) is 14.9. The number of anilines is 1. The molecule has 0 fully saturated rings. The third kappa shape index (κ3) is 4.08. The summed E-state index contributed by atoms with van der Waals surface area (Å²) in [4.78, 5) is 37.6. The van der Waals surface area contributed by atoms with Crippen molar-refractivity contribution in [3.8, 4) is 0 Å². The second kappa shape index (κ2) is 7.49. The molecule has 0 radical (unpaired) electrons. The number of hydrogen-bond donors (Lipinski definition) is 0. The molecule has 1 aromatic heterocycles. The fourth-order valence-electron chi connectivity index (χ4n) is 3.16. The van der Waals surface area contributed by atoms with E-state index in [1.54, 1.807) is 12.1 Å². The molecule has 2 aromatic rings. The summed E-state index contributed by atoms with van der Waals surface area (Å²) in [5, 5.41) is 0. The molecule has 2 heterocycles. The number of halogens is 3. The number of carbonyl (C=O) groups excluding carboxylic acids is 2. The summed E-state index contributed by atoms with van der Waals surface area (Å²) in [6.07, 6.45) is -3.42. The van der Waals surface area contributed by atoms with Crippen molar-refractivity contribution in [2.75, 3.05) is 11.5 Å². The molecule has 1 aliphatic rings. The maximum atomic E-state index is 12.7. The van der Waals surface area contributed by atoms with Crippen molar-refractivity contribution >= 4 is 17.6 Å². The molecule has 1 aromatic carbocycles. The Bertz CT molecular complexity index is 968. The number of benzene rings is 1. The van der Waals surface area contributed by atoms with Crippen LogP contribution >= 0.6 is 0 Å². The predicted octanol–water partition coefficient (Wildman–Crippen LogP) is 2.39. The lowest BCUT2D eigenvalue weighted by molar-refractivity contribution is -0.148. The van der Waals surface area contributed by atoms with Crippen molar-refractivity contribution < 1.29 is 27.5 Å². The van der Waals surface area contributed by atoms with Crippen LogP contribution in [0.3, 0.4) is 0 Å². The summed E-state index contributed by atoms with van der Waals surface area (Å²) in [6.45, 7) is 0.579. The highest BCUT2D eigenvalue weighted by Gasteiger charge is 2.32. The molecule has 1 amide bonds. The van der Waals surface area contributed by atoms with E-state index in [2.05, 4.69) is 0 Å². The summed E-state index contributed by atoms with van der Waals surface area (Å²) in [7, 11) is 0.